The van der Waals surface area contributed by atoms with Gasteiger partial charge in [0.15, 0.2) is 0 Å². The van der Waals surface area contributed by atoms with Crippen molar-refractivity contribution < 1.29 is 11.3 Å². The van der Waals surface area contributed by atoms with Gasteiger partial charge in [-0.2, -0.15) is 0 Å². The van der Waals surface area contributed by atoms with Gasteiger partial charge in [0.25, 0.3) is 0 Å². The van der Waals surface area contributed by atoms with Crippen molar-refractivity contribution in [2.75, 3.05) is 0 Å². The molecule has 0 spiro atoms. The number of fused-ring (bicyclic) bond motifs is 8. The molecule has 1 heterocycles. The molecule has 0 aliphatic heterocycles. The van der Waals surface area contributed by atoms with Crippen molar-refractivity contribution in [3.63, 3.8) is 0 Å². The summed E-state index contributed by atoms with van der Waals surface area (Å²) in [6.07, 6.45) is 0. The van der Waals surface area contributed by atoms with Crippen LogP contribution in [0.3, 0.4) is 0 Å². The molecular weight excluding hydrogens is 569 g/mol. The number of rotatable bonds is 3. The van der Waals surface area contributed by atoms with Crippen molar-refractivity contribution in [2.24, 2.45) is 0 Å². The zero-order valence-corrected chi connectivity index (χ0v) is 25.2. The lowest BCUT2D eigenvalue weighted by atomic mass is 9.83. The van der Waals surface area contributed by atoms with E-state index in [4.69, 9.17) is 11.3 Å². The van der Waals surface area contributed by atoms with Gasteiger partial charge >= 0.3 is 0 Å². The maximum atomic E-state index is 8.85. The van der Waals surface area contributed by atoms with E-state index in [0.29, 0.717) is 22.1 Å². The third-order valence-electron chi connectivity index (χ3n) is 9.55. The molecule has 1 aromatic heterocycles. The van der Waals surface area contributed by atoms with Crippen LogP contribution in [0.1, 0.15) is 6.85 Å². The fourth-order valence-corrected chi connectivity index (χ4v) is 7.64. The molecule has 0 saturated heterocycles. The molecular formula is C46H28O. The van der Waals surface area contributed by atoms with Crippen LogP contribution in [0.25, 0.3) is 98.4 Å². The Morgan fingerprint density at radius 1 is 0.362 bits per heavy atom. The Hall–Kier alpha value is -6.18. The fraction of sp³-hybridized carbons (Fsp3) is 0. The first-order valence-electron chi connectivity index (χ1n) is 18.3. The van der Waals surface area contributed by atoms with Gasteiger partial charge in [0.2, 0.25) is 0 Å². The highest BCUT2D eigenvalue weighted by Gasteiger charge is 2.22. The minimum Gasteiger partial charge on any atom is -0.456 e. The smallest absolute Gasteiger partial charge is 0.136 e. The van der Waals surface area contributed by atoms with Gasteiger partial charge in [-0.05, 0) is 88.6 Å². The SMILES string of the molecule is [2H]c1c([2H])c([2H])c(-c2cccc3oc4cccc(-c5c6ccccc6c(-c6cccc7c6ccc6ccccc67)c6ccccc56)c4c23)c([2H])c1[2H]. The molecule has 218 valence electrons. The monoisotopic (exact) mass is 601 g/mol. The Labute approximate surface area is 279 Å². The molecule has 10 rings (SSSR count). The van der Waals surface area contributed by atoms with E-state index in [9.17, 15) is 0 Å². The van der Waals surface area contributed by atoms with Crippen LogP contribution >= 0.6 is 0 Å². The summed E-state index contributed by atoms with van der Waals surface area (Å²) in [6.45, 7) is 0. The number of hydrogen-bond donors (Lipinski definition) is 0. The third-order valence-corrected chi connectivity index (χ3v) is 9.55. The topological polar surface area (TPSA) is 13.1 Å². The molecule has 10 aromatic rings. The fourth-order valence-electron chi connectivity index (χ4n) is 7.64. The zero-order valence-electron chi connectivity index (χ0n) is 30.2. The average molecular weight is 602 g/mol. The van der Waals surface area contributed by atoms with E-state index in [1.165, 1.54) is 27.1 Å². The molecule has 0 aliphatic carbocycles. The number of hydrogen-bond acceptors (Lipinski definition) is 1. The van der Waals surface area contributed by atoms with E-state index in [0.717, 1.165) is 43.6 Å². The molecule has 47 heavy (non-hydrogen) atoms. The summed E-state index contributed by atoms with van der Waals surface area (Å²) in [4.78, 5) is 0. The second kappa shape index (κ2) is 10.2. The van der Waals surface area contributed by atoms with Crippen molar-refractivity contribution in [1.29, 1.82) is 0 Å². The Kier molecular flexibility index (Phi) is 4.66. The molecule has 0 unspecified atom stereocenters. The summed E-state index contributed by atoms with van der Waals surface area (Å²) in [5.41, 5.74) is 6.25. The van der Waals surface area contributed by atoms with Crippen LogP contribution < -0.4 is 0 Å². The standard InChI is InChI=1S/C46H28O/c1-2-13-29(14-3-1)32-21-11-25-41-45(32)46-40(24-12-26-42(46)47-41)44-38-19-8-6-17-36(38)43(37-18-7-9-20-39(37)44)35-23-10-22-33-31-16-5-4-15-30(31)27-28-34(33)35/h1-28H/i1D,2D,3D,13D,14D. The first kappa shape index (κ1) is 21.5. The summed E-state index contributed by atoms with van der Waals surface area (Å²) in [7, 11) is 0. The minimum atomic E-state index is -0.416. The first-order valence-corrected chi connectivity index (χ1v) is 15.8. The Bertz CT molecular complexity index is 3050. The van der Waals surface area contributed by atoms with E-state index in [1.807, 2.05) is 30.3 Å². The largest absolute Gasteiger partial charge is 0.456 e. The highest BCUT2D eigenvalue weighted by atomic mass is 16.3. The second-order valence-corrected chi connectivity index (χ2v) is 12.0. The maximum Gasteiger partial charge on any atom is 0.136 e. The van der Waals surface area contributed by atoms with E-state index in [2.05, 4.69) is 109 Å². The third kappa shape index (κ3) is 3.84. The zero-order chi connectivity index (χ0) is 35.2. The van der Waals surface area contributed by atoms with Crippen LogP contribution in [-0.4, -0.2) is 0 Å². The van der Waals surface area contributed by atoms with E-state index < -0.39 is 6.04 Å². The van der Waals surface area contributed by atoms with E-state index in [1.54, 1.807) is 0 Å². The molecule has 0 aliphatic rings. The van der Waals surface area contributed by atoms with E-state index in [-0.39, 0.29) is 29.7 Å². The molecule has 0 fully saturated rings. The van der Waals surface area contributed by atoms with Crippen LogP contribution in [0.4, 0.5) is 0 Å². The van der Waals surface area contributed by atoms with Gasteiger partial charge in [-0.1, -0.05) is 158 Å². The number of furan rings is 1. The second-order valence-electron chi connectivity index (χ2n) is 12.0. The van der Waals surface area contributed by atoms with Crippen LogP contribution in [0.5, 0.6) is 0 Å². The molecule has 0 bridgehead atoms. The van der Waals surface area contributed by atoms with Crippen molar-refractivity contribution in [1.82, 2.24) is 0 Å². The van der Waals surface area contributed by atoms with Gasteiger partial charge in [-0.3, -0.25) is 0 Å². The van der Waals surface area contributed by atoms with Gasteiger partial charge in [0.1, 0.15) is 11.2 Å². The van der Waals surface area contributed by atoms with Gasteiger partial charge in [-0.25, -0.2) is 0 Å². The lowest BCUT2D eigenvalue weighted by Crippen LogP contribution is -1.92. The highest BCUT2D eigenvalue weighted by molar-refractivity contribution is 6.28. The van der Waals surface area contributed by atoms with Crippen molar-refractivity contribution in [2.45, 2.75) is 0 Å². The summed E-state index contributed by atoms with van der Waals surface area (Å²) in [5.74, 6) is 0. The number of benzene rings is 9. The van der Waals surface area contributed by atoms with Gasteiger partial charge < -0.3 is 4.42 Å². The molecule has 0 radical (unpaired) electrons. The summed E-state index contributed by atoms with van der Waals surface area (Å²) in [5, 5.41) is 10.8. The van der Waals surface area contributed by atoms with Crippen molar-refractivity contribution >= 4 is 65.0 Å². The van der Waals surface area contributed by atoms with Gasteiger partial charge in [0, 0.05) is 10.8 Å². The lowest BCUT2D eigenvalue weighted by molar-refractivity contribution is 0.669. The van der Waals surface area contributed by atoms with Gasteiger partial charge in [-0.15, -0.1) is 0 Å². The Morgan fingerprint density at radius 2 is 0.872 bits per heavy atom. The van der Waals surface area contributed by atoms with Crippen molar-refractivity contribution in [3.05, 3.63) is 170 Å². The Balaban J connectivity index is 1.34. The summed E-state index contributed by atoms with van der Waals surface area (Å²) >= 11 is 0. The molecule has 1 heteroatoms. The molecule has 0 saturated carbocycles. The van der Waals surface area contributed by atoms with E-state index >= 15 is 0 Å². The predicted octanol–water partition coefficient (Wildman–Crippen LogP) is 13.2. The highest BCUT2D eigenvalue weighted by Crippen LogP contribution is 2.49. The average Bonchev–Trinajstić information content (AvgIpc) is 3.58. The quantitative estimate of drug-likeness (QED) is 0.145. The van der Waals surface area contributed by atoms with Crippen LogP contribution in [0, 0.1) is 0 Å². The van der Waals surface area contributed by atoms with Crippen LogP contribution in [-0.2, 0) is 0 Å². The predicted molar refractivity (Wildman–Crippen MR) is 200 cm³/mol. The first-order chi connectivity index (χ1) is 25.4. The normalized spacial score (nSPS) is 13.3. The van der Waals surface area contributed by atoms with Crippen LogP contribution in [0.15, 0.2) is 174 Å². The molecule has 1 nitrogen and oxygen atoms in total. The summed E-state index contributed by atoms with van der Waals surface area (Å²) in [6, 6.07) is 46.6. The molecule has 9 aromatic carbocycles. The molecule has 0 N–H and O–H groups in total. The van der Waals surface area contributed by atoms with Gasteiger partial charge in [0.05, 0.1) is 6.85 Å². The molecule has 0 amide bonds. The van der Waals surface area contributed by atoms with Crippen molar-refractivity contribution in [3.8, 4) is 33.4 Å². The van der Waals surface area contributed by atoms with Crippen LogP contribution in [0.2, 0.25) is 0 Å². The minimum absolute atomic E-state index is 0.155. The lowest BCUT2D eigenvalue weighted by Gasteiger charge is -2.19. The maximum absolute atomic E-state index is 8.85. The Morgan fingerprint density at radius 3 is 1.55 bits per heavy atom. The molecule has 0 atom stereocenters. The summed E-state index contributed by atoms with van der Waals surface area (Å²) < 4.78 is 49.2.